The van der Waals surface area contributed by atoms with Crippen molar-refractivity contribution in [3.8, 4) is 11.5 Å². The van der Waals surface area contributed by atoms with Crippen LogP contribution in [-0.4, -0.2) is 47.5 Å². The maximum atomic E-state index is 5.67. The zero-order valence-corrected chi connectivity index (χ0v) is 19.0. The van der Waals surface area contributed by atoms with Gasteiger partial charge in [0.15, 0.2) is 23.3 Å². The quantitative estimate of drug-likeness (QED) is 0.314. The van der Waals surface area contributed by atoms with Crippen LogP contribution in [0.1, 0.15) is 50.3 Å². The van der Waals surface area contributed by atoms with E-state index in [0.29, 0.717) is 13.2 Å². The molecule has 8 heteroatoms. The molecule has 2 rings (SSSR count). The Balaban J connectivity index is 1.89. The van der Waals surface area contributed by atoms with Crippen molar-refractivity contribution in [1.29, 1.82) is 0 Å². The standard InChI is InChI=1S/C22H36N6O2/c1-6-8-13-23-22(25-16-21-27-26-17(3)28(21)4)24-14-9-10-18-11-12-19(29-5)20(15-18)30-7-2/h11-12,15H,6-10,13-14,16H2,1-5H3,(H2,23,24,25). The van der Waals surface area contributed by atoms with Gasteiger partial charge < -0.3 is 24.7 Å². The number of hydrogen-bond acceptors (Lipinski definition) is 5. The van der Waals surface area contributed by atoms with Crippen molar-refractivity contribution in [3.05, 3.63) is 35.4 Å². The van der Waals surface area contributed by atoms with Gasteiger partial charge in [-0.05, 0) is 50.8 Å². The van der Waals surface area contributed by atoms with Crippen LogP contribution in [0.5, 0.6) is 11.5 Å². The summed E-state index contributed by atoms with van der Waals surface area (Å²) in [5.41, 5.74) is 1.23. The molecule has 0 radical (unpaired) electrons. The second kappa shape index (κ2) is 12.7. The van der Waals surface area contributed by atoms with Gasteiger partial charge in [0.25, 0.3) is 0 Å². The van der Waals surface area contributed by atoms with Crippen LogP contribution in [0.3, 0.4) is 0 Å². The fourth-order valence-electron chi connectivity index (χ4n) is 2.94. The largest absolute Gasteiger partial charge is 0.493 e. The van der Waals surface area contributed by atoms with Crippen LogP contribution in [0.25, 0.3) is 0 Å². The topological polar surface area (TPSA) is 85.6 Å². The molecule has 166 valence electrons. The maximum absolute atomic E-state index is 5.67. The SMILES string of the molecule is CCCCNC(=NCc1nnc(C)n1C)NCCCc1ccc(OC)c(OCC)c1. The van der Waals surface area contributed by atoms with E-state index in [4.69, 9.17) is 9.47 Å². The zero-order chi connectivity index (χ0) is 21.8. The van der Waals surface area contributed by atoms with Gasteiger partial charge >= 0.3 is 0 Å². The number of benzene rings is 1. The molecule has 2 N–H and O–H groups in total. The monoisotopic (exact) mass is 416 g/mol. The van der Waals surface area contributed by atoms with Crippen molar-refractivity contribution in [3.63, 3.8) is 0 Å². The maximum Gasteiger partial charge on any atom is 0.191 e. The van der Waals surface area contributed by atoms with E-state index < -0.39 is 0 Å². The number of methoxy groups -OCH3 is 1. The summed E-state index contributed by atoms with van der Waals surface area (Å²) in [7, 11) is 3.62. The Morgan fingerprint density at radius 1 is 1.10 bits per heavy atom. The van der Waals surface area contributed by atoms with E-state index in [1.54, 1.807) is 7.11 Å². The van der Waals surface area contributed by atoms with Gasteiger partial charge in [0.1, 0.15) is 12.4 Å². The molecule has 8 nitrogen and oxygen atoms in total. The highest BCUT2D eigenvalue weighted by Crippen LogP contribution is 2.28. The molecule has 0 fully saturated rings. The number of aromatic nitrogens is 3. The lowest BCUT2D eigenvalue weighted by atomic mass is 10.1. The molecular formula is C22H36N6O2. The van der Waals surface area contributed by atoms with Crippen LogP contribution in [-0.2, 0) is 20.0 Å². The smallest absolute Gasteiger partial charge is 0.191 e. The van der Waals surface area contributed by atoms with E-state index in [-0.39, 0.29) is 0 Å². The number of rotatable bonds is 12. The van der Waals surface area contributed by atoms with Crippen LogP contribution in [0.4, 0.5) is 0 Å². The van der Waals surface area contributed by atoms with Gasteiger partial charge in [-0.2, -0.15) is 0 Å². The summed E-state index contributed by atoms with van der Waals surface area (Å²) in [5.74, 6) is 4.12. The lowest BCUT2D eigenvalue weighted by Gasteiger charge is -2.13. The van der Waals surface area contributed by atoms with E-state index in [2.05, 4.69) is 44.9 Å². The zero-order valence-electron chi connectivity index (χ0n) is 19.0. The van der Waals surface area contributed by atoms with E-state index in [9.17, 15) is 0 Å². The molecular weight excluding hydrogens is 380 g/mol. The average Bonchev–Trinajstić information content (AvgIpc) is 3.07. The molecule has 1 aromatic heterocycles. The van der Waals surface area contributed by atoms with Crippen LogP contribution < -0.4 is 20.1 Å². The minimum absolute atomic E-state index is 0.495. The molecule has 0 unspecified atom stereocenters. The summed E-state index contributed by atoms with van der Waals surface area (Å²) in [5, 5.41) is 15.1. The first kappa shape index (κ1) is 23.5. The highest BCUT2D eigenvalue weighted by atomic mass is 16.5. The molecule has 0 spiro atoms. The number of guanidine groups is 1. The van der Waals surface area contributed by atoms with Crippen LogP contribution in [0.2, 0.25) is 0 Å². The van der Waals surface area contributed by atoms with Gasteiger partial charge in [-0.3, -0.25) is 0 Å². The second-order valence-corrected chi connectivity index (χ2v) is 7.12. The first-order valence-corrected chi connectivity index (χ1v) is 10.8. The Kier molecular flexibility index (Phi) is 9.97. The Hall–Kier alpha value is -2.77. The predicted octanol–water partition coefficient (Wildman–Crippen LogP) is 3.00. The van der Waals surface area contributed by atoms with E-state index >= 15 is 0 Å². The molecule has 0 aliphatic rings. The summed E-state index contributed by atoms with van der Waals surface area (Å²) in [4.78, 5) is 4.68. The number of unbranched alkanes of at least 4 members (excludes halogenated alkanes) is 1. The molecule has 1 aromatic carbocycles. The summed E-state index contributed by atoms with van der Waals surface area (Å²) in [6.45, 7) is 8.94. The predicted molar refractivity (Wildman–Crippen MR) is 120 cm³/mol. The first-order chi connectivity index (χ1) is 14.6. The Morgan fingerprint density at radius 2 is 1.87 bits per heavy atom. The van der Waals surface area contributed by atoms with Crippen molar-refractivity contribution in [1.82, 2.24) is 25.4 Å². The second-order valence-electron chi connectivity index (χ2n) is 7.12. The number of aliphatic imine (C=N–C) groups is 1. The average molecular weight is 417 g/mol. The van der Waals surface area contributed by atoms with Gasteiger partial charge in [0.05, 0.1) is 13.7 Å². The molecule has 0 atom stereocenters. The molecule has 0 aliphatic carbocycles. The van der Waals surface area contributed by atoms with Crippen LogP contribution in [0, 0.1) is 6.92 Å². The number of nitrogens with one attached hydrogen (secondary N) is 2. The number of ether oxygens (including phenoxy) is 2. The molecule has 0 bridgehead atoms. The third-order valence-corrected chi connectivity index (χ3v) is 4.85. The van der Waals surface area contributed by atoms with Crippen LogP contribution >= 0.6 is 0 Å². The molecule has 1 heterocycles. The fraction of sp³-hybridized carbons (Fsp3) is 0.591. The summed E-state index contributed by atoms with van der Waals surface area (Å²) in [6.07, 6.45) is 4.18. The van der Waals surface area contributed by atoms with Gasteiger partial charge in [-0.1, -0.05) is 19.4 Å². The minimum Gasteiger partial charge on any atom is -0.493 e. The molecule has 0 saturated carbocycles. The minimum atomic E-state index is 0.495. The van der Waals surface area contributed by atoms with Crippen molar-refractivity contribution >= 4 is 5.96 Å². The van der Waals surface area contributed by atoms with Crippen molar-refractivity contribution in [2.75, 3.05) is 26.8 Å². The third kappa shape index (κ3) is 7.24. The van der Waals surface area contributed by atoms with Gasteiger partial charge in [-0.25, -0.2) is 4.99 Å². The fourth-order valence-corrected chi connectivity index (χ4v) is 2.94. The van der Waals surface area contributed by atoms with Crippen molar-refractivity contribution in [2.45, 2.75) is 53.0 Å². The number of hydrogen-bond donors (Lipinski definition) is 2. The Bertz CT molecular complexity index is 803. The number of nitrogens with zero attached hydrogens (tertiary/aromatic N) is 4. The summed E-state index contributed by atoms with van der Waals surface area (Å²) >= 11 is 0. The third-order valence-electron chi connectivity index (χ3n) is 4.85. The van der Waals surface area contributed by atoms with Gasteiger partial charge in [0, 0.05) is 20.1 Å². The van der Waals surface area contributed by atoms with E-state index in [0.717, 1.165) is 67.9 Å². The molecule has 0 amide bonds. The summed E-state index contributed by atoms with van der Waals surface area (Å²) in [6, 6.07) is 6.12. The van der Waals surface area contributed by atoms with Gasteiger partial charge in [-0.15, -0.1) is 10.2 Å². The molecule has 0 saturated heterocycles. The van der Waals surface area contributed by atoms with E-state index in [1.165, 1.54) is 5.56 Å². The molecule has 30 heavy (non-hydrogen) atoms. The van der Waals surface area contributed by atoms with Crippen LogP contribution in [0.15, 0.2) is 23.2 Å². The van der Waals surface area contributed by atoms with E-state index in [1.807, 2.05) is 31.5 Å². The first-order valence-electron chi connectivity index (χ1n) is 10.8. The lowest BCUT2D eigenvalue weighted by molar-refractivity contribution is 0.310. The lowest BCUT2D eigenvalue weighted by Crippen LogP contribution is -2.38. The summed E-state index contributed by atoms with van der Waals surface area (Å²) < 4.78 is 13.0. The van der Waals surface area contributed by atoms with Crippen molar-refractivity contribution in [2.24, 2.45) is 12.0 Å². The molecule has 2 aromatic rings. The van der Waals surface area contributed by atoms with Gasteiger partial charge in [0.2, 0.25) is 0 Å². The number of aryl methyl sites for hydroxylation is 2. The Labute approximate surface area is 180 Å². The highest BCUT2D eigenvalue weighted by Gasteiger charge is 2.07. The molecule has 0 aliphatic heterocycles. The van der Waals surface area contributed by atoms with Crippen molar-refractivity contribution < 1.29 is 9.47 Å². The normalized spacial score (nSPS) is 11.4. The Morgan fingerprint density at radius 3 is 2.50 bits per heavy atom. The highest BCUT2D eigenvalue weighted by molar-refractivity contribution is 5.79.